The van der Waals surface area contributed by atoms with Crippen LogP contribution in [0.25, 0.3) is 0 Å². The molecule has 0 unspecified atom stereocenters. The van der Waals surface area contributed by atoms with Crippen LogP contribution in [0.5, 0.6) is 0 Å². The average Bonchev–Trinajstić information content (AvgIpc) is 2.61. The minimum atomic E-state index is -4.40. The molecule has 1 heterocycles. The van der Waals surface area contributed by atoms with Crippen LogP contribution in [0.15, 0.2) is 47.4 Å². The molecule has 0 aromatic heterocycles. The molecule has 8 heteroatoms. The number of sulfonamides is 1. The van der Waals surface area contributed by atoms with Gasteiger partial charge < -0.3 is 4.90 Å². The average molecular weight is 398 g/mol. The van der Waals surface area contributed by atoms with Gasteiger partial charge in [0, 0.05) is 31.9 Å². The van der Waals surface area contributed by atoms with E-state index in [1.54, 1.807) is 30.0 Å². The predicted octanol–water partition coefficient (Wildman–Crippen LogP) is 3.83. The van der Waals surface area contributed by atoms with Crippen LogP contribution in [-0.4, -0.2) is 38.9 Å². The third-order valence-corrected chi connectivity index (χ3v) is 6.78. The number of nitrogens with zero attached hydrogens (tertiary/aromatic N) is 2. The minimum Gasteiger partial charge on any atom is -0.369 e. The van der Waals surface area contributed by atoms with Crippen molar-refractivity contribution in [3.63, 3.8) is 0 Å². The topological polar surface area (TPSA) is 40.6 Å². The maximum Gasteiger partial charge on any atom is 0.416 e. The lowest BCUT2D eigenvalue weighted by molar-refractivity contribution is -0.137. The van der Waals surface area contributed by atoms with Crippen LogP contribution >= 0.6 is 0 Å². The van der Waals surface area contributed by atoms with E-state index in [0.717, 1.165) is 17.7 Å². The first-order chi connectivity index (χ1) is 12.6. The summed E-state index contributed by atoms with van der Waals surface area (Å²) in [7, 11) is -3.62. The molecular formula is C19H21F3N2O2S. The molecule has 0 atom stereocenters. The summed E-state index contributed by atoms with van der Waals surface area (Å²) in [6.07, 6.45) is -4.40. The van der Waals surface area contributed by atoms with Gasteiger partial charge in [0.05, 0.1) is 10.5 Å². The van der Waals surface area contributed by atoms with Crippen LogP contribution in [0.1, 0.15) is 16.7 Å². The Morgan fingerprint density at radius 2 is 1.59 bits per heavy atom. The highest BCUT2D eigenvalue weighted by Crippen LogP contribution is 2.32. The Hall–Kier alpha value is -2.06. The number of benzene rings is 2. The van der Waals surface area contributed by atoms with Crippen molar-refractivity contribution < 1.29 is 21.6 Å². The Morgan fingerprint density at radius 1 is 0.926 bits per heavy atom. The van der Waals surface area contributed by atoms with Crippen LogP contribution in [0.3, 0.4) is 0 Å². The van der Waals surface area contributed by atoms with Gasteiger partial charge in [-0.1, -0.05) is 23.8 Å². The first-order valence-corrected chi connectivity index (χ1v) is 10.0. The van der Waals surface area contributed by atoms with E-state index in [2.05, 4.69) is 0 Å². The Kier molecular flexibility index (Phi) is 5.22. The Bertz CT molecular complexity index is 934. The molecule has 1 saturated heterocycles. The molecular weight excluding hydrogens is 377 g/mol. The fourth-order valence-corrected chi connectivity index (χ4v) is 4.92. The minimum absolute atomic E-state index is 0.228. The van der Waals surface area contributed by atoms with Crippen LogP contribution in [0, 0.1) is 13.8 Å². The van der Waals surface area contributed by atoms with E-state index in [1.165, 1.54) is 10.4 Å². The fraction of sp³-hybridized carbons (Fsp3) is 0.368. The van der Waals surface area contributed by atoms with Gasteiger partial charge in [-0.05, 0) is 43.7 Å². The van der Waals surface area contributed by atoms with Gasteiger partial charge in [0.1, 0.15) is 0 Å². The van der Waals surface area contributed by atoms with Gasteiger partial charge in [-0.25, -0.2) is 8.42 Å². The lowest BCUT2D eigenvalue weighted by Crippen LogP contribution is -2.48. The molecule has 0 N–H and O–H groups in total. The second-order valence-corrected chi connectivity index (χ2v) is 8.61. The number of alkyl halides is 3. The van der Waals surface area contributed by atoms with E-state index in [4.69, 9.17) is 0 Å². The van der Waals surface area contributed by atoms with Crippen molar-refractivity contribution in [2.24, 2.45) is 0 Å². The van der Waals surface area contributed by atoms with Gasteiger partial charge in [0.25, 0.3) is 0 Å². The summed E-state index contributed by atoms with van der Waals surface area (Å²) >= 11 is 0. The molecule has 146 valence electrons. The lowest BCUT2D eigenvalue weighted by Gasteiger charge is -2.35. The highest BCUT2D eigenvalue weighted by atomic mass is 32.2. The molecule has 0 aliphatic carbocycles. The van der Waals surface area contributed by atoms with Crippen molar-refractivity contribution in [3.05, 3.63) is 59.2 Å². The molecule has 0 spiro atoms. The Morgan fingerprint density at radius 3 is 2.19 bits per heavy atom. The van der Waals surface area contributed by atoms with E-state index in [1.807, 2.05) is 13.0 Å². The monoisotopic (exact) mass is 398 g/mol. The highest BCUT2D eigenvalue weighted by molar-refractivity contribution is 7.89. The molecule has 0 bridgehead atoms. The number of hydrogen-bond acceptors (Lipinski definition) is 3. The van der Waals surface area contributed by atoms with Crippen molar-refractivity contribution >= 4 is 15.7 Å². The van der Waals surface area contributed by atoms with Crippen molar-refractivity contribution in [3.8, 4) is 0 Å². The number of aryl methyl sites for hydroxylation is 2. The SMILES string of the molecule is Cc1ccc(S(=O)(=O)N2CCN(c3cccc(C(F)(F)F)c3)CC2)c(C)c1. The standard InChI is InChI=1S/C19H21F3N2O2S/c1-14-6-7-18(15(2)12-14)27(25,26)24-10-8-23(9-11-24)17-5-3-4-16(13-17)19(20,21)22/h3-7,12-13H,8-11H2,1-2H3. The summed E-state index contributed by atoms with van der Waals surface area (Å²) in [5.74, 6) is 0. The quantitative estimate of drug-likeness (QED) is 0.789. The maximum atomic E-state index is 12.9. The van der Waals surface area contributed by atoms with Gasteiger partial charge in [0.2, 0.25) is 10.0 Å². The van der Waals surface area contributed by atoms with E-state index in [0.29, 0.717) is 24.3 Å². The van der Waals surface area contributed by atoms with E-state index < -0.39 is 21.8 Å². The zero-order chi connectivity index (χ0) is 19.8. The lowest BCUT2D eigenvalue weighted by atomic mass is 10.1. The predicted molar refractivity (Wildman–Crippen MR) is 98.3 cm³/mol. The van der Waals surface area contributed by atoms with Crippen molar-refractivity contribution in [1.82, 2.24) is 4.31 Å². The molecule has 3 rings (SSSR count). The van der Waals surface area contributed by atoms with E-state index in [-0.39, 0.29) is 18.0 Å². The number of halogens is 3. The van der Waals surface area contributed by atoms with E-state index in [9.17, 15) is 21.6 Å². The zero-order valence-electron chi connectivity index (χ0n) is 15.1. The summed E-state index contributed by atoms with van der Waals surface area (Å²) < 4.78 is 65.9. The Labute approximate surface area is 157 Å². The largest absolute Gasteiger partial charge is 0.416 e. The molecule has 2 aromatic rings. The normalized spacial score (nSPS) is 16.6. The van der Waals surface area contributed by atoms with Crippen molar-refractivity contribution in [2.75, 3.05) is 31.1 Å². The van der Waals surface area contributed by atoms with Gasteiger partial charge in [-0.3, -0.25) is 0 Å². The highest BCUT2D eigenvalue weighted by Gasteiger charge is 2.32. The van der Waals surface area contributed by atoms with Crippen LogP contribution in [0.2, 0.25) is 0 Å². The van der Waals surface area contributed by atoms with Crippen molar-refractivity contribution in [2.45, 2.75) is 24.9 Å². The molecule has 0 saturated carbocycles. The van der Waals surface area contributed by atoms with Gasteiger partial charge in [0.15, 0.2) is 0 Å². The summed E-state index contributed by atoms with van der Waals surface area (Å²) in [5, 5.41) is 0. The third kappa shape index (κ3) is 4.11. The summed E-state index contributed by atoms with van der Waals surface area (Å²) in [5.41, 5.74) is 1.43. The maximum absolute atomic E-state index is 12.9. The van der Waals surface area contributed by atoms with Crippen LogP contribution in [-0.2, 0) is 16.2 Å². The third-order valence-electron chi connectivity index (χ3n) is 4.73. The second-order valence-electron chi connectivity index (χ2n) is 6.71. The van der Waals surface area contributed by atoms with Crippen LogP contribution in [0.4, 0.5) is 18.9 Å². The fourth-order valence-electron chi connectivity index (χ4n) is 3.29. The van der Waals surface area contributed by atoms with Gasteiger partial charge in [-0.15, -0.1) is 0 Å². The molecule has 1 fully saturated rings. The summed E-state index contributed by atoms with van der Waals surface area (Å²) in [4.78, 5) is 2.06. The van der Waals surface area contributed by atoms with Crippen LogP contribution < -0.4 is 4.90 Å². The van der Waals surface area contributed by atoms with Gasteiger partial charge in [-0.2, -0.15) is 17.5 Å². The first kappa shape index (κ1) is 19.7. The number of piperazine rings is 1. The van der Waals surface area contributed by atoms with E-state index >= 15 is 0 Å². The smallest absolute Gasteiger partial charge is 0.369 e. The molecule has 4 nitrogen and oxygen atoms in total. The molecule has 0 amide bonds. The molecule has 27 heavy (non-hydrogen) atoms. The number of hydrogen-bond donors (Lipinski definition) is 0. The van der Waals surface area contributed by atoms with Crippen molar-refractivity contribution in [1.29, 1.82) is 0 Å². The first-order valence-electron chi connectivity index (χ1n) is 8.58. The summed E-state index contributed by atoms with van der Waals surface area (Å²) in [6, 6.07) is 10.3. The molecule has 1 aliphatic heterocycles. The molecule has 1 aliphatic rings. The molecule has 2 aromatic carbocycles. The van der Waals surface area contributed by atoms with Gasteiger partial charge >= 0.3 is 6.18 Å². The zero-order valence-corrected chi connectivity index (χ0v) is 15.9. The number of rotatable bonds is 3. The number of anilines is 1. The molecule has 0 radical (unpaired) electrons. The Balaban J connectivity index is 1.75. The second kappa shape index (κ2) is 7.16. The summed E-state index contributed by atoms with van der Waals surface area (Å²) in [6.45, 7) is 4.80.